The Labute approximate surface area is 187 Å². The molecule has 0 spiro atoms. The minimum Gasteiger partial charge on any atom is -0.352 e. The summed E-state index contributed by atoms with van der Waals surface area (Å²) in [7, 11) is 0. The molecule has 0 saturated heterocycles. The Kier molecular flexibility index (Phi) is 7.41. The van der Waals surface area contributed by atoms with Gasteiger partial charge in [-0.15, -0.1) is 11.3 Å². The van der Waals surface area contributed by atoms with E-state index in [9.17, 15) is 9.59 Å². The van der Waals surface area contributed by atoms with Crippen LogP contribution in [0, 0.1) is 13.8 Å². The lowest BCUT2D eigenvalue weighted by molar-refractivity contribution is -0.120. The van der Waals surface area contributed by atoms with Gasteiger partial charge in [0, 0.05) is 28.7 Å². The van der Waals surface area contributed by atoms with E-state index in [0.717, 1.165) is 26.7 Å². The van der Waals surface area contributed by atoms with Gasteiger partial charge in [-0.2, -0.15) is 0 Å². The number of hydrogen-bond acceptors (Lipinski definition) is 4. The van der Waals surface area contributed by atoms with E-state index < -0.39 is 0 Å². The van der Waals surface area contributed by atoms with E-state index in [1.165, 1.54) is 5.56 Å². The molecule has 162 valence electrons. The molecular weight excluding hydrogens is 408 g/mol. The van der Waals surface area contributed by atoms with Crippen LogP contribution in [0.5, 0.6) is 0 Å². The number of carbonyl (C=O) groups excluding carboxylic acids is 2. The summed E-state index contributed by atoms with van der Waals surface area (Å²) >= 11 is 1.56. The Hall–Kier alpha value is -3.19. The molecule has 0 radical (unpaired) electrons. The molecule has 0 atom stereocenters. The summed E-state index contributed by atoms with van der Waals surface area (Å²) in [4.78, 5) is 29.9. The number of rotatable bonds is 7. The van der Waals surface area contributed by atoms with Gasteiger partial charge < -0.3 is 16.0 Å². The highest BCUT2D eigenvalue weighted by atomic mass is 32.1. The summed E-state index contributed by atoms with van der Waals surface area (Å²) in [5, 5.41) is 9.48. The van der Waals surface area contributed by atoms with Gasteiger partial charge in [-0.25, -0.2) is 9.78 Å². The third kappa shape index (κ3) is 6.65. The highest BCUT2D eigenvalue weighted by Gasteiger charge is 2.15. The molecule has 6 nitrogen and oxygen atoms in total. The zero-order valence-corrected chi connectivity index (χ0v) is 19.1. The van der Waals surface area contributed by atoms with Crippen LogP contribution >= 0.6 is 11.3 Å². The Bertz CT molecular complexity index is 1040. The Morgan fingerprint density at radius 3 is 2.32 bits per heavy atom. The summed E-state index contributed by atoms with van der Waals surface area (Å²) in [6.45, 7) is 8.24. The first kappa shape index (κ1) is 22.5. The maximum atomic E-state index is 12.6. The molecule has 0 aliphatic rings. The monoisotopic (exact) mass is 436 g/mol. The maximum Gasteiger partial charge on any atom is 0.319 e. The van der Waals surface area contributed by atoms with Crippen LogP contribution in [-0.2, 0) is 17.8 Å². The third-order valence-corrected chi connectivity index (χ3v) is 5.54. The molecule has 3 aromatic rings. The number of hydrogen-bond donors (Lipinski definition) is 3. The second-order valence-corrected chi connectivity index (χ2v) is 9.06. The number of aryl methyl sites for hydroxylation is 2. The number of benzene rings is 2. The largest absolute Gasteiger partial charge is 0.352 e. The SMILES string of the molecule is Cc1ccc(-c2nc(C)sc2CC(=O)NCc2ccc(NC(=O)NC(C)C)cc2)cc1. The van der Waals surface area contributed by atoms with Crippen molar-refractivity contribution in [2.45, 2.75) is 46.7 Å². The number of urea groups is 1. The molecule has 2 aromatic carbocycles. The minimum absolute atomic E-state index is 0.0458. The van der Waals surface area contributed by atoms with E-state index in [2.05, 4.69) is 33.1 Å². The fraction of sp³-hybridized carbons (Fsp3) is 0.292. The second-order valence-electron chi connectivity index (χ2n) is 7.77. The molecule has 1 heterocycles. The number of amides is 3. The summed E-state index contributed by atoms with van der Waals surface area (Å²) in [5.41, 5.74) is 4.77. The average Bonchev–Trinajstić information content (AvgIpc) is 3.07. The third-order valence-electron chi connectivity index (χ3n) is 4.57. The van der Waals surface area contributed by atoms with Crippen molar-refractivity contribution in [2.24, 2.45) is 0 Å². The lowest BCUT2D eigenvalue weighted by atomic mass is 10.1. The lowest BCUT2D eigenvalue weighted by Crippen LogP contribution is -2.34. The minimum atomic E-state index is -0.236. The summed E-state index contributed by atoms with van der Waals surface area (Å²) in [6, 6.07) is 15.5. The number of carbonyl (C=O) groups is 2. The summed E-state index contributed by atoms with van der Waals surface area (Å²) in [6.07, 6.45) is 0.295. The molecule has 3 rings (SSSR count). The highest BCUT2D eigenvalue weighted by Crippen LogP contribution is 2.28. The van der Waals surface area contributed by atoms with Gasteiger partial charge in [-0.1, -0.05) is 42.0 Å². The van der Waals surface area contributed by atoms with Crippen molar-refractivity contribution in [3.05, 3.63) is 69.5 Å². The van der Waals surface area contributed by atoms with Crippen molar-refractivity contribution in [1.82, 2.24) is 15.6 Å². The van der Waals surface area contributed by atoms with Crippen molar-refractivity contribution in [3.8, 4) is 11.3 Å². The standard InChI is InChI=1S/C24H28N4O2S/c1-15(2)26-24(30)28-20-11-7-18(8-12-20)14-25-22(29)13-21-23(27-17(4)31-21)19-9-5-16(3)6-10-19/h5-12,15H,13-14H2,1-4H3,(H,25,29)(H2,26,28,30). The van der Waals surface area contributed by atoms with Gasteiger partial charge in [0.15, 0.2) is 0 Å². The van der Waals surface area contributed by atoms with Crippen LogP contribution in [0.2, 0.25) is 0 Å². The van der Waals surface area contributed by atoms with Gasteiger partial charge in [0.1, 0.15) is 0 Å². The van der Waals surface area contributed by atoms with Crippen LogP contribution in [0.15, 0.2) is 48.5 Å². The van der Waals surface area contributed by atoms with Crippen LogP contribution in [0.3, 0.4) is 0 Å². The van der Waals surface area contributed by atoms with Gasteiger partial charge in [0.05, 0.1) is 17.1 Å². The van der Waals surface area contributed by atoms with Crippen molar-refractivity contribution in [3.63, 3.8) is 0 Å². The molecule has 3 amide bonds. The molecular formula is C24H28N4O2S. The average molecular weight is 437 g/mol. The number of nitrogens with zero attached hydrogens (tertiary/aromatic N) is 1. The second kappa shape index (κ2) is 10.2. The van der Waals surface area contributed by atoms with Gasteiger partial charge in [0.2, 0.25) is 5.91 Å². The van der Waals surface area contributed by atoms with Crippen LogP contribution in [0.25, 0.3) is 11.3 Å². The lowest BCUT2D eigenvalue weighted by Gasteiger charge is -2.11. The van der Waals surface area contributed by atoms with Gasteiger partial charge in [-0.05, 0) is 45.4 Å². The molecule has 0 unspecified atom stereocenters. The van der Waals surface area contributed by atoms with Gasteiger partial charge >= 0.3 is 6.03 Å². The molecule has 0 fully saturated rings. The number of anilines is 1. The number of aromatic nitrogens is 1. The predicted octanol–water partition coefficient (Wildman–Crippen LogP) is 4.82. The first-order chi connectivity index (χ1) is 14.8. The Morgan fingerprint density at radius 1 is 1.00 bits per heavy atom. The van der Waals surface area contributed by atoms with E-state index >= 15 is 0 Å². The van der Waals surface area contributed by atoms with Crippen molar-refractivity contribution < 1.29 is 9.59 Å². The quantitative estimate of drug-likeness (QED) is 0.497. The Balaban J connectivity index is 1.56. The van der Waals surface area contributed by atoms with E-state index in [1.54, 1.807) is 11.3 Å². The van der Waals surface area contributed by atoms with Crippen molar-refractivity contribution >= 4 is 29.0 Å². The molecule has 3 N–H and O–H groups in total. The molecule has 0 saturated carbocycles. The zero-order chi connectivity index (χ0) is 22.4. The van der Waals surface area contributed by atoms with Gasteiger partial charge in [0.25, 0.3) is 0 Å². The van der Waals surface area contributed by atoms with Crippen LogP contribution in [0.1, 0.15) is 34.9 Å². The molecule has 0 bridgehead atoms. The zero-order valence-electron chi connectivity index (χ0n) is 18.3. The fourth-order valence-electron chi connectivity index (χ4n) is 3.07. The fourth-order valence-corrected chi connectivity index (χ4v) is 4.03. The first-order valence-electron chi connectivity index (χ1n) is 10.3. The molecule has 7 heteroatoms. The first-order valence-corrected chi connectivity index (χ1v) is 11.1. The van der Waals surface area contributed by atoms with Crippen LogP contribution in [-0.4, -0.2) is 23.0 Å². The van der Waals surface area contributed by atoms with Crippen LogP contribution in [0.4, 0.5) is 10.5 Å². The molecule has 0 aliphatic heterocycles. The van der Waals surface area contributed by atoms with Gasteiger partial charge in [-0.3, -0.25) is 4.79 Å². The maximum absolute atomic E-state index is 12.6. The highest BCUT2D eigenvalue weighted by molar-refractivity contribution is 7.12. The number of thiazole rings is 1. The number of nitrogens with one attached hydrogen (secondary N) is 3. The van der Waals surface area contributed by atoms with E-state index in [4.69, 9.17) is 0 Å². The van der Waals surface area contributed by atoms with E-state index in [0.29, 0.717) is 18.7 Å². The van der Waals surface area contributed by atoms with E-state index in [-0.39, 0.29) is 18.0 Å². The predicted molar refractivity (Wildman–Crippen MR) is 126 cm³/mol. The van der Waals surface area contributed by atoms with Crippen LogP contribution < -0.4 is 16.0 Å². The van der Waals surface area contributed by atoms with Crippen molar-refractivity contribution in [1.29, 1.82) is 0 Å². The normalized spacial score (nSPS) is 10.7. The molecule has 0 aliphatic carbocycles. The summed E-state index contributed by atoms with van der Waals surface area (Å²) in [5.74, 6) is -0.0458. The van der Waals surface area contributed by atoms with E-state index in [1.807, 2.05) is 64.1 Å². The van der Waals surface area contributed by atoms with Crippen molar-refractivity contribution in [2.75, 3.05) is 5.32 Å². The summed E-state index contributed by atoms with van der Waals surface area (Å²) < 4.78 is 0. The topological polar surface area (TPSA) is 83.1 Å². The molecule has 1 aromatic heterocycles. The smallest absolute Gasteiger partial charge is 0.319 e. The Morgan fingerprint density at radius 2 is 1.68 bits per heavy atom. The molecule has 31 heavy (non-hydrogen) atoms.